The Morgan fingerprint density at radius 2 is 1.62 bits per heavy atom. The van der Waals surface area contributed by atoms with Crippen LogP contribution in [0.2, 0.25) is 0 Å². The predicted molar refractivity (Wildman–Crippen MR) is 38.1 cm³/mol. The third-order valence-electron chi connectivity index (χ3n) is 0.465. The second-order valence-corrected chi connectivity index (χ2v) is 10.7. The molecule has 0 radical (unpaired) electrons. The van der Waals surface area contributed by atoms with Gasteiger partial charge in [-0.25, -0.2) is 0 Å². The Morgan fingerprint density at radius 3 is 1.62 bits per heavy atom. The van der Waals surface area contributed by atoms with Gasteiger partial charge < -0.3 is 0 Å². The zero-order valence-corrected chi connectivity index (χ0v) is 6.74. The van der Waals surface area contributed by atoms with E-state index in [9.17, 15) is 4.70 Å². The summed E-state index contributed by atoms with van der Waals surface area (Å²) in [6.45, 7) is 5.92. The van der Waals surface area contributed by atoms with E-state index in [-0.39, 0.29) is 0 Å². The second kappa shape index (κ2) is 1.80. The fourth-order valence-electron chi connectivity index (χ4n) is 0.172. The van der Waals surface area contributed by atoms with Crippen molar-refractivity contribution in [3.05, 3.63) is 0 Å². The standard InChI is InChI=1S/C4H12BO2P/c1-8(2,3,4)7-5-6/h1-4H3. The predicted octanol–water partition coefficient (Wildman–Crippen LogP) is 0.955. The number of hydrogen-bond acceptors (Lipinski definition) is 2. The van der Waals surface area contributed by atoms with Crippen LogP contribution in [0.5, 0.6) is 0 Å². The summed E-state index contributed by atoms with van der Waals surface area (Å²) in [6.07, 6.45) is 0. The van der Waals surface area contributed by atoms with Crippen molar-refractivity contribution in [2.24, 2.45) is 0 Å². The maximum atomic E-state index is 9.84. The summed E-state index contributed by atoms with van der Waals surface area (Å²) < 4.78 is 14.7. The van der Waals surface area contributed by atoms with E-state index >= 15 is 0 Å². The molecular weight excluding hydrogens is 122 g/mol. The normalized spacial score (nSPS) is 15.8. The van der Waals surface area contributed by atoms with Gasteiger partial charge >= 0.3 is 50.0 Å². The first-order valence-corrected chi connectivity index (χ1v) is 6.39. The van der Waals surface area contributed by atoms with Gasteiger partial charge in [0.05, 0.1) is 0 Å². The van der Waals surface area contributed by atoms with Gasteiger partial charge in [0.2, 0.25) is 0 Å². The molecule has 0 aromatic carbocycles. The molecule has 0 unspecified atom stereocenters. The van der Waals surface area contributed by atoms with E-state index in [1.807, 2.05) is 26.7 Å². The maximum absolute atomic E-state index is 9.84. The van der Waals surface area contributed by atoms with E-state index in [0.717, 1.165) is 0 Å². The third kappa shape index (κ3) is 6.09. The Labute approximate surface area is 50.9 Å². The van der Waals surface area contributed by atoms with Crippen molar-refractivity contribution < 1.29 is 9.15 Å². The van der Waals surface area contributed by atoms with Crippen LogP contribution in [-0.2, 0) is 9.15 Å². The molecule has 0 aliphatic rings. The summed E-state index contributed by atoms with van der Waals surface area (Å²) in [5.41, 5.74) is 0. The first-order chi connectivity index (χ1) is 3.31. The van der Waals surface area contributed by atoms with Crippen LogP contribution in [0.25, 0.3) is 0 Å². The monoisotopic (exact) mass is 134 g/mol. The van der Waals surface area contributed by atoms with Crippen molar-refractivity contribution in [3.63, 3.8) is 0 Å². The van der Waals surface area contributed by atoms with E-state index in [4.69, 9.17) is 4.44 Å². The second-order valence-electron chi connectivity index (χ2n) is 3.62. The van der Waals surface area contributed by atoms with Crippen molar-refractivity contribution in [3.8, 4) is 0 Å². The van der Waals surface area contributed by atoms with Gasteiger partial charge in [-0.2, -0.15) is 0 Å². The van der Waals surface area contributed by atoms with Gasteiger partial charge in [0.1, 0.15) is 0 Å². The Balaban J connectivity index is 3.91. The Bertz CT molecular complexity index is 95.1. The third-order valence-corrected chi connectivity index (χ3v) is 1.39. The minimum atomic E-state index is -1.97. The molecule has 0 atom stereocenters. The average molecular weight is 134 g/mol. The molecular formula is C4H12BO2P. The van der Waals surface area contributed by atoms with Crippen molar-refractivity contribution in [1.29, 1.82) is 0 Å². The molecule has 0 heterocycles. The molecule has 0 aromatic heterocycles. The van der Waals surface area contributed by atoms with Crippen LogP contribution in [0.1, 0.15) is 0 Å². The molecule has 0 N–H and O–H groups in total. The SMILES string of the molecule is CP(C)(C)(C)OB=O. The van der Waals surface area contributed by atoms with Crippen molar-refractivity contribution in [1.82, 2.24) is 0 Å². The molecule has 0 rings (SSSR count). The molecule has 0 saturated heterocycles. The van der Waals surface area contributed by atoms with Crippen molar-refractivity contribution >= 4 is 14.2 Å². The van der Waals surface area contributed by atoms with Gasteiger partial charge in [0.15, 0.2) is 0 Å². The minimum absolute atomic E-state index is 0.526. The molecule has 8 heavy (non-hydrogen) atoms. The fraction of sp³-hybridized carbons (Fsp3) is 1.00. The topological polar surface area (TPSA) is 26.3 Å². The van der Waals surface area contributed by atoms with Gasteiger partial charge in [-0.3, -0.25) is 0 Å². The Morgan fingerprint density at radius 1 is 1.25 bits per heavy atom. The van der Waals surface area contributed by atoms with Crippen LogP contribution in [0, 0.1) is 0 Å². The Kier molecular flexibility index (Phi) is 1.82. The van der Waals surface area contributed by atoms with Gasteiger partial charge in [0, 0.05) is 0 Å². The molecule has 0 saturated carbocycles. The summed E-state index contributed by atoms with van der Waals surface area (Å²) in [6, 6.07) is 0. The quantitative estimate of drug-likeness (QED) is 0.415. The van der Waals surface area contributed by atoms with E-state index in [2.05, 4.69) is 0 Å². The zero-order valence-electron chi connectivity index (χ0n) is 5.84. The van der Waals surface area contributed by atoms with Crippen LogP contribution in [0.15, 0.2) is 0 Å². The summed E-state index contributed by atoms with van der Waals surface area (Å²) in [4.78, 5) is 0. The zero-order chi connectivity index (χ0) is 6.86. The van der Waals surface area contributed by atoms with Gasteiger partial charge in [0.25, 0.3) is 0 Å². The van der Waals surface area contributed by atoms with Crippen LogP contribution in [-0.4, -0.2) is 34.0 Å². The van der Waals surface area contributed by atoms with Crippen LogP contribution in [0.4, 0.5) is 0 Å². The number of hydrogen-bond donors (Lipinski definition) is 0. The fourth-order valence-corrected chi connectivity index (χ4v) is 0.516. The molecule has 0 aliphatic heterocycles. The number of rotatable bonds is 2. The molecule has 0 amide bonds. The summed E-state index contributed by atoms with van der Waals surface area (Å²) in [5.74, 6) is 0. The molecule has 48 valence electrons. The van der Waals surface area contributed by atoms with E-state index in [1.165, 1.54) is 0 Å². The molecule has 4 heteroatoms. The van der Waals surface area contributed by atoms with E-state index in [0.29, 0.717) is 7.35 Å². The molecule has 0 spiro atoms. The summed E-state index contributed by atoms with van der Waals surface area (Å²) >= 11 is 0. The van der Waals surface area contributed by atoms with Gasteiger partial charge in [-0.1, -0.05) is 0 Å². The first-order valence-electron chi connectivity index (χ1n) is 2.44. The summed E-state index contributed by atoms with van der Waals surface area (Å²) in [5, 5.41) is 0. The molecule has 0 aliphatic carbocycles. The van der Waals surface area contributed by atoms with Crippen LogP contribution < -0.4 is 0 Å². The van der Waals surface area contributed by atoms with Crippen molar-refractivity contribution in [2.75, 3.05) is 26.7 Å². The Hall–Kier alpha value is 0.0949. The summed E-state index contributed by atoms with van der Waals surface area (Å²) in [7, 11) is 0.526. The van der Waals surface area contributed by atoms with E-state index in [1.54, 1.807) is 0 Å². The molecule has 0 fully saturated rings. The van der Waals surface area contributed by atoms with Crippen LogP contribution >= 0.6 is 6.83 Å². The van der Waals surface area contributed by atoms with Crippen molar-refractivity contribution in [2.45, 2.75) is 0 Å². The first kappa shape index (κ1) is 8.09. The molecule has 0 aromatic rings. The van der Waals surface area contributed by atoms with Gasteiger partial charge in [-0.05, 0) is 0 Å². The van der Waals surface area contributed by atoms with E-state index < -0.39 is 6.83 Å². The molecule has 2 nitrogen and oxygen atoms in total. The average Bonchev–Trinajstić information content (AvgIpc) is 1.25. The van der Waals surface area contributed by atoms with Gasteiger partial charge in [-0.15, -0.1) is 0 Å². The molecule has 0 bridgehead atoms. The van der Waals surface area contributed by atoms with Crippen LogP contribution in [0.3, 0.4) is 0 Å².